The maximum absolute atomic E-state index is 3.73. The summed E-state index contributed by atoms with van der Waals surface area (Å²) >= 11 is 0. The molecule has 0 aliphatic carbocycles. The Morgan fingerprint density at radius 1 is 1.19 bits per heavy atom. The van der Waals surface area contributed by atoms with Crippen LogP contribution in [0.2, 0.25) is 0 Å². The van der Waals surface area contributed by atoms with E-state index in [1.165, 1.54) is 38.2 Å². The van der Waals surface area contributed by atoms with Crippen molar-refractivity contribution in [1.29, 1.82) is 0 Å². The maximum atomic E-state index is 3.73. The third-order valence-electron chi connectivity index (χ3n) is 5.09. The molecule has 0 aromatic heterocycles. The monoisotopic (exact) mass is 287 g/mol. The fourth-order valence-corrected chi connectivity index (χ4v) is 3.79. The van der Waals surface area contributed by atoms with Gasteiger partial charge in [0.15, 0.2) is 0 Å². The predicted molar refractivity (Wildman–Crippen MR) is 88.6 cm³/mol. The van der Waals surface area contributed by atoms with Crippen LogP contribution >= 0.6 is 0 Å². The van der Waals surface area contributed by atoms with Gasteiger partial charge >= 0.3 is 0 Å². The quantitative estimate of drug-likeness (QED) is 0.912. The summed E-state index contributed by atoms with van der Waals surface area (Å²) in [6.45, 7) is 8.51. The van der Waals surface area contributed by atoms with Gasteiger partial charge in [-0.25, -0.2) is 0 Å². The molecule has 0 saturated carbocycles. The van der Waals surface area contributed by atoms with Crippen molar-refractivity contribution in [1.82, 2.24) is 15.1 Å². The summed E-state index contributed by atoms with van der Waals surface area (Å²) in [5.41, 5.74) is 1.45. The van der Waals surface area contributed by atoms with E-state index < -0.39 is 0 Å². The Labute approximate surface area is 129 Å². The average Bonchev–Trinajstić information content (AvgIpc) is 2.89. The lowest BCUT2D eigenvalue weighted by molar-refractivity contribution is 0.120. The van der Waals surface area contributed by atoms with E-state index >= 15 is 0 Å². The second kappa shape index (κ2) is 6.91. The van der Waals surface area contributed by atoms with Gasteiger partial charge in [0.1, 0.15) is 0 Å². The number of nitrogens with one attached hydrogen (secondary N) is 1. The molecule has 0 spiro atoms. The van der Waals surface area contributed by atoms with Gasteiger partial charge in [-0.3, -0.25) is 4.90 Å². The molecule has 2 heterocycles. The molecule has 2 aliphatic rings. The Morgan fingerprint density at radius 3 is 2.71 bits per heavy atom. The van der Waals surface area contributed by atoms with Crippen LogP contribution < -0.4 is 5.32 Å². The minimum absolute atomic E-state index is 0.600. The van der Waals surface area contributed by atoms with E-state index in [1.807, 2.05) is 0 Å². The van der Waals surface area contributed by atoms with E-state index in [1.54, 1.807) is 0 Å². The van der Waals surface area contributed by atoms with Crippen molar-refractivity contribution in [2.75, 3.05) is 39.8 Å². The average molecular weight is 287 g/mol. The molecule has 0 bridgehead atoms. The summed E-state index contributed by atoms with van der Waals surface area (Å²) in [6.07, 6.45) is 2.52. The summed E-state index contributed by atoms with van der Waals surface area (Å²) in [5.74, 6) is 0.868. The molecule has 1 aromatic rings. The number of nitrogens with zero attached hydrogens (tertiary/aromatic N) is 2. The van der Waals surface area contributed by atoms with E-state index in [9.17, 15) is 0 Å². The molecule has 1 N–H and O–H groups in total. The van der Waals surface area contributed by atoms with Gasteiger partial charge in [0, 0.05) is 38.3 Å². The first-order valence-corrected chi connectivity index (χ1v) is 8.40. The van der Waals surface area contributed by atoms with Gasteiger partial charge in [-0.2, -0.15) is 0 Å². The van der Waals surface area contributed by atoms with Crippen LogP contribution in [0.3, 0.4) is 0 Å². The summed E-state index contributed by atoms with van der Waals surface area (Å²) in [5, 5.41) is 3.73. The summed E-state index contributed by atoms with van der Waals surface area (Å²) in [7, 11) is 2.25. The van der Waals surface area contributed by atoms with Gasteiger partial charge in [-0.1, -0.05) is 30.3 Å². The van der Waals surface area contributed by atoms with Crippen LogP contribution in [0.4, 0.5) is 0 Å². The smallest absolute Gasteiger partial charge is 0.0236 e. The van der Waals surface area contributed by atoms with E-state index in [0.717, 1.165) is 18.9 Å². The Morgan fingerprint density at radius 2 is 2.00 bits per heavy atom. The van der Waals surface area contributed by atoms with Crippen LogP contribution in [-0.2, 0) is 6.42 Å². The van der Waals surface area contributed by atoms with E-state index in [0.29, 0.717) is 12.1 Å². The van der Waals surface area contributed by atoms with Gasteiger partial charge in [0.05, 0.1) is 0 Å². The maximum Gasteiger partial charge on any atom is 0.0236 e. The molecule has 0 amide bonds. The summed E-state index contributed by atoms with van der Waals surface area (Å²) in [4.78, 5) is 5.19. The summed E-state index contributed by atoms with van der Waals surface area (Å²) in [6, 6.07) is 12.2. The van der Waals surface area contributed by atoms with Crippen molar-refractivity contribution in [2.24, 2.45) is 5.92 Å². The van der Waals surface area contributed by atoms with Crippen LogP contribution in [0.15, 0.2) is 30.3 Å². The first-order chi connectivity index (χ1) is 10.2. The van der Waals surface area contributed by atoms with Crippen molar-refractivity contribution in [2.45, 2.75) is 31.8 Å². The van der Waals surface area contributed by atoms with Crippen molar-refractivity contribution >= 4 is 0 Å². The lowest BCUT2D eigenvalue weighted by Gasteiger charge is -2.40. The first kappa shape index (κ1) is 15.0. The molecule has 0 radical (unpaired) electrons. The molecule has 3 unspecified atom stereocenters. The molecule has 21 heavy (non-hydrogen) atoms. The number of hydrogen-bond donors (Lipinski definition) is 1. The highest BCUT2D eigenvalue weighted by Crippen LogP contribution is 2.19. The fraction of sp³-hybridized carbons (Fsp3) is 0.667. The zero-order valence-corrected chi connectivity index (χ0v) is 13.5. The number of likely N-dealkylation sites (tertiary alicyclic amines) is 1. The van der Waals surface area contributed by atoms with Crippen LogP contribution in [0.1, 0.15) is 18.9 Å². The third kappa shape index (κ3) is 4.06. The molecule has 2 aliphatic heterocycles. The van der Waals surface area contributed by atoms with Crippen LogP contribution in [-0.4, -0.2) is 61.7 Å². The van der Waals surface area contributed by atoms with Crippen molar-refractivity contribution in [3.05, 3.63) is 35.9 Å². The minimum Gasteiger partial charge on any atom is -0.311 e. The van der Waals surface area contributed by atoms with Crippen molar-refractivity contribution in [3.63, 3.8) is 0 Å². The van der Waals surface area contributed by atoms with Gasteiger partial charge in [-0.15, -0.1) is 0 Å². The largest absolute Gasteiger partial charge is 0.311 e. The predicted octanol–water partition coefficient (Wildman–Crippen LogP) is 1.84. The number of benzene rings is 1. The second-order valence-corrected chi connectivity index (χ2v) is 7.01. The second-order valence-electron chi connectivity index (χ2n) is 7.01. The molecule has 3 rings (SSSR count). The Hall–Kier alpha value is -0.900. The zero-order chi connectivity index (χ0) is 14.7. The topological polar surface area (TPSA) is 18.5 Å². The molecule has 3 atom stereocenters. The lowest BCUT2D eigenvalue weighted by Crippen LogP contribution is -2.57. The Kier molecular flexibility index (Phi) is 4.94. The Bertz CT molecular complexity index is 433. The molecule has 3 heteroatoms. The van der Waals surface area contributed by atoms with E-state index in [2.05, 4.69) is 59.4 Å². The highest BCUT2D eigenvalue weighted by molar-refractivity contribution is 5.16. The van der Waals surface area contributed by atoms with E-state index in [4.69, 9.17) is 0 Å². The standard InChI is InChI=1S/C18H29N3/c1-15-11-19-18(10-16-6-4-3-5-7-16)14-21(15)13-17-8-9-20(2)12-17/h3-7,15,17-19H,8-14H2,1-2H3. The van der Waals surface area contributed by atoms with Gasteiger partial charge in [0.2, 0.25) is 0 Å². The Balaban J connectivity index is 1.54. The van der Waals surface area contributed by atoms with Crippen LogP contribution in [0.25, 0.3) is 0 Å². The molecular weight excluding hydrogens is 258 g/mol. The summed E-state index contributed by atoms with van der Waals surface area (Å²) < 4.78 is 0. The third-order valence-corrected chi connectivity index (χ3v) is 5.09. The molecule has 1 aromatic carbocycles. The molecule has 116 valence electrons. The van der Waals surface area contributed by atoms with Gasteiger partial charge < -0.3 is 10.2 Å². The van der Waals surface area contributed by atoms with Crippen LogP contribution in [0, 0.1) is 5.92 Å². The van der Waals surface area contributed by atoms with Crippen molar-refractivity contribution < 1.29 is 0 Å². The normalized spacial score (nSPS) is 31.6. The highest BCUT2D eigenvalue weighted by Gasteiger charge is 2.29. The lowest BCUT2D eigenvalue weighted by atomic mass is 10.00. The zero-order valence-electron chi connectivity index (χ0n) is 13.5. The minimum atomic E-state index is 0.600. The SMILES string of the molecule is CC1CNC(Cc2ccccc2)CN1CC1CCN(C)C1. The highest BCUT2D eigenvalue weighted by atomic mass is 15.2. The molecule has 3 nitrogen and oxygen atoms in total. The van der Waals surface area contributed by atoms with Gasteiger partial charge in [-0.05, 0) is 44.8 Å². The molecule has 2 saturated heterocycles. The van der Waals surface area contributed by atoms with Crippen LogP contribution in [0.5, 0.6) is 0 Å². The molecule has 2 fully saturated rings. The van der Waals surface area contributed by atoms with Crippen molar-refractivity contribution in [3.8, 4) is 0 Å². The first-order valence-electron chi connectivity index (χ1n) is 8.40. The van der Waals surface area contributed by atoms with Gasteiger partial charge in [0.25, 0.3) is 0 Å². The fourth-order valence-electron chi connectivity index (χ4n) is 3.79. The molecular formula is C18H29N3. The number of rotatable bonds is 4. The van der Waals surface area contributed by atoms with E-state index in [-0.39, 0.29) is 0 Å². The number of piperazine rings is 1. The number of hydrogen-bond acceptors (Lipinski definition) is 3.